The van der Waals surface area contributed by atoms with Crippen LogP contribution in [0.3, 0.4) is 0 Å². The molecule has 1 aliphatic heterocycles. The molecule has 0 aliphatic carbocycles. The Balaban J connectivity index is 1.98. The number of fused-ring (bicyclic) bond motifs is 3. The highest BCUT2D eigenvalue weighted by Crippen LogP contribution is 2.42. The van der Waals surface area contributed by atoms with E-state index in [2.05, 4.69) is 4.98 Å². The molecule has 27 heavy (non-hydrogen) atoms. The number of H-pyrrole nitrogens is 1. The van der Waals surface area contributed by atoms with E-state index < -0.39 is 30.6 Å². The summed E-state index contributed by atoms with van der Waals surface area (Å²) in [5.41, 5.74) is 2.18. The van der Waals surface area contributed by atoms with E-state index in [9.17, 15) is 17.6 Å². The fourth-order valence-corrected chi connectivity index (χ4v) is 4.62. The third kappa shape index (κ3) is 3.24. The number of rotatable bonds is 3. The lowest BCUT2D eigenvalue weighted by molar-refractivity contribution is 0.0437. The van der Waals surface area contributed by atoms with Crippen LogP contribution in [-0.2, 0) is 6.42 Å². The second-order valence-corrected chi connectivity index (χ2v) is 8.14. The van der Waals surface area contributed by atoms with Gasteiger partial charge in [-0.2, -0.15) is 0 Å². The first kappa shape index (κ1) is 18.7. The lowest BCUT2D eigenvalue weighted by Gasteiger charge is -2.40. The number of hydrogen-bond acceptors (Lipinski definition) is 1. The van der Waals surface area contributed by atoms with E-state index in [1.54, 1.807) is 0 Å². The van der Waals surface area contributed by atoms with E-state index >= 15 is 0 Å². The number of para-hydroxylation sites is 1. The fraction of sp³-hybridized carbons (Fsp3) is 0.300. The van der Waals surface area contributed by atoms with Gasteiger partial charge in [-0.3, -0.25) is 4.90 Å². The molecule has 0 saturated carbocycles. The summed E-state index contributed by atoms with van der Waals surface area (Å²) in [5, 5.41) is 0.965. The molecular weight excluding hydrogens is 471 g/mol. The number of benzene rings is 2. The summed E-state index contributed by atoms with van der Waals surface area (Å²) in [7, 11) is 0. The first-order valence-corrected chi connectivity index (χ1v) is 9.72. The molecule has 0 spiro atoms. The van der Waals surface area contributed by atoms with Crippen molar-refractivity contribution in [1.82, 2.24) is 9.88 Å². The SMILES string of the molecule is C[C@@H]1Cc2c([nH]c3ccccc23)[C@H](c2c(F)cc(I)cc2F)N1CC(F)F. The molecule has 2 atom stereocenters. The van der Waals surface area contributed by atoms with E-state index in [0.29, 0.717) is 15.7 Å². The second kappa shape index (κ2) is 7.09. The van der Waals surface area contributed by atoms with E-state index in [1.807, 2.05) is 53.8 Å². The Morgan fingerprint density at radius 2 is 1.85 bits per heavy atom. The average Bonchev–Trinajstić information content (AvgIpc) is 2.94. The topological polar surface area (TPSA) is 19.0 Å². The number of halogens is 5. The van der Waals surface area contributed by atoms with E-state index in [-0.39, 0.29) is 11.6 Å². The molecule has 0 amide bonds. The van der Waals surface area contributed by atoms with Crippen LogP contribution in [0.25, 0.3) is 10.9 Å². The number of aromatic nitrogens is 1. The van der Waals surface area contributed by atoms with Gasteiger partial charge >= 0.3 is 0 Å². The summed E-state index contributed by atoms with van der Waals surface area (Å²) < 4.78 is 56.6. The van der Waals surface area contributed by atoms with Gasteiger partial charge in [0.1, 0.15) is 11.6 Å². The standard InChI is InChI=1S/C20H17F4IN2/c1-10-6-13-12-4-2-3-5-16(12)26-19(13)20(27(10)9-17(23)24)18-14(21)7-11(25)8-15(18)22/h2-5,7-8,10,17,20,26H,6,9H2,1H3/t10-,20+/m1/s1. The normalized spacial score (nSPS) is 20.4. The van der Waals surface area contributed by atoms with Crippen LogP contribution in [0.15, 0.2) is 36.4 Å². The van der Waals surface area contributed by atoms with Crippen LogP contribution in [0, 0.1) is 15.2 Å². The summed E-state index contributed by atoms with van der Waals surface area (Å²) in [6, 6.07) is 8.85. The average molecular weight is 488 g/mol. The largest absolute Gasteiger partial charge is 0.357 e. The van der Waals surface area contributed by atoms with Crippen LogP contribution in [0.2, 0.25) is 0 Å². The first-order chi connectivity index (χ1) is 12.9. The Kier molecular flexibility index (Phi) is 4.92. The molecule has 0 saturated heterocycles. The predicted octanol–water partition coefficient (Wildman–Crippen LogP) is 5.65. The molecule has 1 aromatic heterocycles. The van der Waals surface area contributed by atoms with Crippen LogP contribution in [0.5, 0.6) is 0 Å². The van der Waals surface area contributed by atoms with Crippen molar-refractivity contribution in [1.29, 1.82) is 0 Å². The maximum absolute atomic E-state index is 14.8. The van der Waals surface area contributed by atoms with Gasteiger partial charge in [0.15, 0.2) is 0 Å². The summed E-state index contributed by atoms with van der Waals surface area (Å²) in [6.07, 6.45) is -2.06. The Bertz CT molecular complexity index is 978. The molecule has 0 unspecified atom stereocenters. The van der Waals surface area contributed by atoms with Gasteiger partial charge in [-0.15, -0.1) is 0 Å². The maximum Gasteiger partial charge on any atom is 0.251 e. The molecule has 7 heteroatoms. The molecule has 2 aromatic carbocycles. The molecular formula is C20H17F4IN2. The highest BCUT2D eigenvalue weighted by Gasteiger charge is 2.39. The van der Waals surface area contributed by atoms with Crippen molar-refractivity contribution in [3.63, 3.8) is 0 Å². The number of nitrogens with one attached hydrogen (secondary N) is 1. The van der Waals surface area contributed by atoms with E-state index in [4.69, 9.17) is 0 Å². The Labute approximate surface area is 167 Å². The molecule has 2 nitrogen and oxygen atoms in total. The molecule has 0 radical (unpaired) electrons. The van der Waals surface area contributed by atoms with Gasteiger partial charge in [0.05, 0.1) is 12.6 Å². The Morgan fingerprint density at radius 1 is 1.19 bits per heavy atom. The van der Waals surface area contributed by atoms with Gasteiger partial charge in [-0.05, 0) is 59.7 Å². The number of alkyl halides is 2. The van der Waals surface area contributed by atoms with Crippen molar-refractivity contribution in [3.05, 3.63) is 68.4 Å². The molecule has 0 bridgehead atoms. The zero-order valence-corrected chi connectivity index (χ0v) is 16.6. The van der Waals surface area contributed by atoms with E-state index in [0.717, 1.165) is 16.5 Å². The van der Waals surface area contributed by atoms with Gasteiger partial charge in [0.2, 0.25) is 0 Å². The highest BCUT2D eigenvalue weighted by molar-refractivity contribution is 14.1. The summed E-state index contributed by atoms with van der Waals surface area (Å²) in [6.45, 7) is 1.27. The zero-order chi connectivity index (χ0) is 19.3. The first-order valence-electron chi connectivity index (χ1n) is 8.64. The van der Waals surface area contributed by atoms with Gasteiger partial charge in [0.25, 0.3) is 6.43 Å². The molecule has 4 rings (SSSR count). The van der Waals surface area contributed by atoms with Crippen molar-refractivity contribution in [3.8, 4) is 0 Å². The third-order valence-corrected chi connectivity index (χ3v) is 5.81. The minimum Gasteiger partial charge on any atom is -0.357 e. The Hall–Kier alpha value is -1.61. The molecule has 142 valence electrons. The highest BCUT2D eigenvalue weighted by atomic mass is 127. The second-order valence-electron chi connectivity index (χ2n) is 6.89. The Morgan fingerprint density at radius 3 is 2.52 bits per heavy atom. The zero-order valence-electron chi connectivity index (χ0n) is 14.4. The van der Waals surface area contributed by atoms with Gasteiger partial charge in [0, 0.05) is 31.8 Å². The quantitative estimate of drug-likeness (QED) is 0.373. The van der Waals surface area contributed by atoms with Crippen LogP contribution in [0.1, 0.15) is 29.8 Å². The molecule has 1 N–H and O–H groups in total. The number of aromatic amines is 1. The third-order valence-electron chi connectivity index (χ3n) is 5.18. The molecule has 2 heterocycles. The summed E-state index contributed by atoms with van der Waals surface area (Å²) in [4.78, 5) is 4.73. The van der Waals surface area contributed by atoms with Crippen molar-refractivity contribution in [2.75, 3.05) is 6.54 Å². The molecule has 3 aromatic rings. The predicted molar refractivity (Wildman–Crippen MR) is 105 cm³/mol. The van der Waals surface area contributed by atoms with Crippen molar-refractivity contribution >= 4 is 33.5 Å². The number of nitrogens with zero attached hydrogens (tertiary/aromatic N) is 1. The summed E-state index contributed by atoms with van der Waals surface area (Å²) in [5.74, 6) is -1.44. The van der Waals surface area contributed by atoms with Gasteiger partial charge < -0.3 is 4.98 Å². The monoisotopic (exact) mass is 488 g/mol. The number of hydrogen-bond donors (Lipinski definition) is 1. The minimum atomic E-state index is -2.60. The molecule has 0 fully saturated rings. The van der Waals surface area contributed by atoms with Crippen LogP contribution >= 0.6 is 22.6 Å². The lowest BCUT2D eigenvalue weighted by atomic mass is 9.88. The van der Waals surface area contributed by atoms with Crippen LogP contribution in [-0.4, -0.2) is 28.9 Å². The van der Waals surface area contributed by atoms with Crippen molar-refractivity contribution < 1.29 is 17.6 Å². The maximum atomic E-state index is 14.8. The molecule has 1 aliphatic rings. The van der Waals surface area contributed by atoms with Crippen molar-refractivity contribution in [2.45, 2.75) is 31.9 Å². The summed E-state index contributed by atoms with van der Waals surface area (Å²) >= 11 is 1.84. The van der Waals surface area contributed by atoms with Gasteiger partial charge in [-0.1, -0.05) is 18.2 Å². The minimum absolute atomic E-state index is 0.185. The van der Waals surface area contributed by atoms with Gasteiger partial charge in [-0.25, -0.2) is 17.6 Å². The van der Waals surface area contributed by atoms with E-state index in [1.165, 1.54) is 17.0 Å². The van der Waals surface area contributed by atoms with Crippen LogP contribution in [0.4, 0.5) is 17.6 Å². The van der Waals surface area contributed by atoms with Crippen molar-refractivity contribution in [2.24, 2.45) is 0 Å². The lowest BCUT2D eigenvalue weighted by Crippen LogP contribution is -2.45. The fourth-order valence-electron chi connectivity index (χ4n) is 4.08. The van der Waals surface area contributed by atoms with Crippen LogP contribution < -0.4 is 0 Å². The smallest absolute Gasteiger partial charge is 0.251 e.